The first-order valence-electron chi connectivity index (χ1n) is 8.14. The van der Waals surface area contributed by atoms with Crippen molar-refractivity contribution in [2.45, 2.75) is 65.0 Å². The Hall–Kier alpha value is -0.860. The van der Waals surface area contributed by atoms with E-state index in [2.05, 4.69) is 43.9 Å². The van der Waals surface area contributed by atoms with E-state index in [-0.39, 0.29) is 6.04 Å². The lowest BCUT2D eigenvalue weighted by molar-refractivity contribution is 0.206. The summed E-state index contributed by atoms with van der Waals surface area (Å²) in [7, 11) is 0. The fourth-order valence-corrected chi connectivity index (χ4v) is 3.36. The summed E-state index contributed by atoms with van der Waals surface area (Å²) in [5.41, 5.74) is 10.3. The van der Waals surface area contributed by atoms with Crippen molar-refractivity contribution in [3.8, 4) is 0 Å². The van der Waals surface area contributed by atoms with Crippen LogP contribution in [-0.4, -0.2) is 24.0 Å². The van der Waals surface area contributed by atoms with Crippen molar-refractivity contribution in [1.29, 1.82) is 0 Å². The monoisotopic (exact) mass is 274 g/mol. The van der Waals surface area contributed by atoms with Crippen LogP contribution in [-0.2, 0) is 0 Å². The first-order valence-corrected chi connectivity index (χ1v) is 8.14. The summed E-state index contributed by atoms with van der Waals surface area (Å²) in [5.74, 6) is 0. The Balaban J connectivity index is 1.92. The van der Waals surface area contributed by atoms with Crippen molar-refractivity contribution < 1.29 is 0 Å². The summed E-state index contributed by atoms with van der Waals surface area (Å²) in [6.07, 6.45) is 6.54. The molecule has 0 saturated carbocycles. The number of benzene rings is 1. The van der Waals surface area contributed by atoms with Crippen LogP contribution in [0.1, 0.15) is 61.8 Å². The van der Waals surface area contributed by atoms with Gasteiger partial charge in [0.15, 0.2) is 0 Å². The fraction of sp³-hybridized carbons (Fsp3) is 0.667. The van der Waals surface area contributed by atoms with E-state index in [1.165, 1.54) is 48.9 Å². The number of nitrogens with zero attached hydrogens (tertiary/aromatic N) is 1. The maximum Gasteiger partial charge on any atom is 0.0307 e. The van der Waals surface area contributed by atoms with Crippen molar-refractivity contribution in [1.82, 2.24) is 4.90 Å². The van der Waals surface area contributed by atoms with Gasteiger partial charge in [0, 0.05) is 18.6 Å². The van der Waals surface area contributed by atoms with Crippen LogP contribution in [0.25, 0.3) is 0 Å². The molecule has 2 atom stereocenters. The predicted octanol–water partition coefficient (Wildman–Crippen LogP) is 3.96. The molecule has 0 amide bonds. The minimum Gasteiger partial charge on any atom is -0.324 e. The molecule has 2 rings (SSSR count). The molecule has 1 aliphatic heterocycles. The lowest BCUT2D eigenvalue weighted by Crippen LogP contribution is -2.34. The molecule has 0 radical (unpaired) electrons. The molecule has 1 aliphatic rings. The molecule has 2 N–H and O–H groups in total. The van der Waals surface area contributed by atoms with Crippen LogP contribution < -0.4 is 5.73 Å². The third-order valence-electron chi connectivity index (χ3n) is 4.59. The quantitative estimate of drug-likeness (QED) is 0.900. The molecular formula is C18H30N2. The Labute approximate surface area is 124 Å². The molecule has 1 aromatic carbocycles. The minimum absolute atomic E-state index is 0.170. The number of nitrogens with two attached hydrogens (primary N) is 1. The van der Waals surface area contributed by atoms with Crippen molar-refractivity contribution in [2.24, 2.45) is 5.73 Å². The molecule has 1 fully saturated rings. The zero-order chi connectivity index (χ0) is 14.5. The summed E-state index contributed by atoms with van der Waals surface area (Å²) >= 11 is 0. The van der Waals surface area contributed by atoms with E-state index in [0.717, 1.165) is 19.0 Å². The highest BCUT2D eigenvalue weighted by molar-refractivity contribution is 5.30. The molecule has 0 bridgehead atoms. The van der Waals surface area contributed by atoms with Crippen LogP contribution in [0.15, 0.2) is 18.2 Å². The third kappa shape index (κ3) is 4.32. The smallest absolute Gasteiger partial charge is 0.0307 e. The Morgan fingerprint density at radius 1 is 1.15 bits per heavy atom. The molecule has 0 aromatic heterocycles. The summed E-state index contributed by atoms with van der Waals surface area (Å²) in [6, 6.07) is 7.59. The highest BCUT2D eigenvalue weighted by atomic mass is 15.1. The zero-order valence-electron chi connectivity index (χ0n) is 13.4. The number of rotatable bonds is 4. The molecule has 2 unspecified atom stereocenters. The van der Waals surface area contributed by atoms with E-state index in [9.17, 15) is 0 Å². The molecule has 1 aromatic rings. The van der Waals surface area contributed by atoms with E-state index in [1.54, 1.807) is 0 Å². The largest absolute Gasteiger partial charge is 0.324 e. The normalized spacial score (nSPS) is 22.5. The zero-order valence-corrected chi connectivity index (χ0v) is 13.4. The molecule has 0 aliphatic carbocycles. The Kier molecular flexibility index (Phi) is 5.62. The summed E-state index contributed by atoms with van der Waals surface area (Å²) in [4.78, 5) is 2.63. The summed E-state index contributed by atoms with van der Waals surface area (Å²) < 4.78 is 0. The van der Waals surface area contributed by atoms with Crippen molar-refractivity contribution in [2.75, 3.05) is 13.1 Å². The van der Waals surface area contributed by atoms with Gasteiger partial charge in [-0.25, -0.2) is 0 Å². The second kappa shape index (κ2) is 7.24. The fourth-order valence-electron chi connectivity index (χ4n) is 3.36. The Morgan fingerprint density at radius 2 is 1.85 bits per heavy atom. The van der Waals surface area contributed by atoms with Crippen LogP contribution >= 0.6 is 0 Å². The molecule has 2 heteroatoms. The van der Waals surface area contributed by atoms with Gasteiger partial charge in [-0.3, -0.25) is 0 Å². The highest BCUT2D eigenvalue weighted by Gasteiger charge is 2.17. The lowest BCUT2D eigenvalue weighted by atomic mass is 9.99. The average Bonchev–Trinajstić information content (AvgIpc) is 2.59. The molecule has 0 spiro atoms. The van der Waals surface area contributed by atoms with Crippen LogP contribution in [0.4, 0.5) is 0 Å². The van der Waals surface area contributed by atoms with Crippen LogP contribution in [0.5, 0.6) is 0 Å². The van der Waals surface area contributed by atoms with Crippen LogP contribution in [0.2, 0.25) is 0 Å². The highest BCUT2D eigenvalue weighted by Crippen LogP contribution is 2.21. The number of hydrogen-bond acceptors (Lipinski definition) is 2. The van der Waals surface area contributed by atoms with Gasteiger partial charge in [0.05, 0.1) is 0 Å². The first kappa shape index (κ1) is 15.5. The van der Waals surface area contributed by atoms with Gasteiger partial charge < -0.3 is 10.6 Å². The second-order valence-electron chi connectivity index (χ2n) is 6.55. The van der Waals surface area contributed by atoms with Crippen LogP contribution in [0, 0.1) is 13.8 Å². The van der Waals surface area contributed by atoms with E-state index in [4.69, 9.17) is 5.73 Å². The maximum absolute atomic E-state index is 6.41. The van der Waals surface area contributed by atoms with E-state index < -0.39 is 0 Å². The molecule has 2 nitrogen and oxygen atoms in total. The molecule has 1 saturated heterocycles. The van der Waals surface area contributed by atoms with Crippen LogP contribution in [0.3, 0.4) is 0 Å². The number of aryl methyl sites for hydroxylation is 2. The first-order chi connectivity index (χ1) is 9.56. The van der Waals surface area contributed by atoms with Gasteiger partial charge in [0.25, 0.3) is 0 Å². The van der Waals surface area contributed by atoms with Gasteiger partial charge in [0.2, 0.25) is 0 Å². The lowest BCUT2D eigenvalue weighted by Gasteiger charge is -2.28. The van der Waals surface area contributed by atoms with Gasteiger partial charge in [-0.05, 0) is 52.1 Å². The maximum atomic E-state index is 6.41. The predicted molar refractivity (Wildman–Crippen MR) is 87.0 cm³/mol. The van der Waals surface area contributed by atoms with E-state index in [0.29, 0.717) is 0 Å². The number of hydrogen-bond donors (Lipinski definition) is 1. The van der Waals surface area contributed by atoms with Crippen molar-refractivity contribution >= 4 is 0 Å². The van der Waals surface area contributed by atoms with Crippen molar-refractivity contribution in [3.05, 3.63) is 34.9 Å². The Morgan fingerprint density at radius 3 is 2.55 bits per heavy atom. The molecular weight excluding hydrogens is 244 g/mol. The third-order valence-corrected chi connectivity index (χ3v) is 4.59. The van der Waals surface area contributed by atoms with Gasteiger partial charge in [-0.15, -0.1) is 0 Å². The Bertz CT molecular complexity index is 407. The minimum atomic E-state index is 0.170. The topological polar surface area (TPSA) is 29.3 Å². The summed E-state index contributed by atoms with van der Waals surface area (Å²) in [5, 5.41) is 0. The molecule has 112 valence electrons. The standard InChI is InChI=1S/C18H30N2/c1-14-11-15(2)13-17(12-14)18(19)8-10-20-9-6-4-5-7-16(20)3/h11-13,16,18H,4-10,19H2,1-3H3. The van der Waals surface area contributed by atoms with E-state index >= 15 is 0 Å². The van der Waals surface area contributed by atoms with E-state index in [1.807, 2.05) is 0 Å². The SMILES string of the molecule is Cc1cc(C)cc(C(N)CCN2CCCCCC2C)c1. The van der Waals surface area contributed by atoms with Gasteiger partial charge in [0.1, 0.15) is 0 Å². The van der Waals surface area contributed by atoms with Gasteiger partial charge in [-0.1, -0.05) is 42.2 Å². The average molecular weight is 274 g/mol. The molecule has 1 heterocycles. The molecule has 20 heavy (non-hydrogen) atoms. The van der Waals surface area contributed by atoms with Gasteiger partial charge in [-0.2, -0.15) is 0 Å². The van der Waals surface area contributed by atoms with Gasteiger partial charge >= 0.3 is 0 Å². The van der Waals surface area contributed by atoms with Crippen molar-refractivity contribution in [3.63, 3.8) is 0 Å². The second-order valence-corrected chi connectivity index (χ2v) is 6.55. The summed E-state index contributed by atoms with van der Waals surface area (Å²) in [6.45, 7) is 9.06. The number of likely N-dealkylation sites (tertiary alicyclic amines) is 1.